The van der Waals surface area contributed by atoms with Crippen LogP contribution in [0.3, 0.4) is 0 Å². The highest BCUT2D eigenvalue weighted by atomic mass is 19.3. The van der Waals surface area contributed by atoms with Crippen molar-refractivity contribution in [3.63, 3.8) is 0 Å². The van der Waals surface area contributed by atoms with Crippen molar-refractivity contribution in [2.75, 3.05) is 0 Å². The van der Waals surface area contributed by atoms with E-state index in [0.29, 0.717) is 18.4 Å². The molecule has 2 saturated carbocycles. The zero-order valence-corrected chi connectivity index (χ0v) is 8.02. The minimum absolute atomic E-state index is 0.0518. The van der Waals surface area contributed by atoms with E-state index in [4.69, 9.17) is 0 Å². The summed E-state index contributed by atoms with van der Waals surface area (Å²) >= 11 is 0. The molecule has 1 N–H and O–H groups in total. The molecule has 3 atom stereocenters. The minimum atomic E-state index is -2.40. The van der Waals surface area contributed by atoms with Crippen molar-refractivity contribution < 1.29 is 8.78 Å². The van der Waals surface area contributed by atoms with Gasteiger partial charge in [-0.25, -0.2) is 8.78 Å². The van der Waals surface area contributed by atoms with Gasteiger partial charge in [0.05, 0.1) is 0 Å². The van der Waals surface area contributed by atoms with E-state index in [-0.39, 0.29) is 18.9 Å². The highest BCUT2D eigenvalue weighted by Gasteiger charge is 2.41. The van der Waals surface area contributed by atoms with Crippen LogP contribution in [0.5, 0.6) is 0 Å². The SMILES string of the molecule is CC1CCC1NC1CCC(F)(F)C1. The van der Waals surface area contributed by atoms with Crippen molar-refractivity contribution in [1.82, 2.24) is 5.32 Å². The molecule has 1 nitrogen and oxygen atoms in total. The van der Waals surface area contributed by atoms with Gasteiger partial charge in [0, 0.05) is 24.9 Å². The summed E-state index contributed by atoms with van der Waals surface area (Å²) in [4.78, 5) is 0. The molecule has 2 aliphatic rings. The van der Waals surface area contributed by atoms with Gasteiger partial charge < -0.3 is 5.32 Å². The molecule has 3 heteroatoms. The molecule has 0 spiro atoms. The molecule has 0 aromatic rings. The van der Waals surface area contributed by atoms with Crippen molar-refractivity contribution in [2.45, 2.75) is 57.0 Å². The summed E-state index contributed by atoms with van der Waals surface area (Å²) in [7, 11) is 0. The second-order valence-electron chi connectivity index (χ2n) is 4.62. The molecule has 2 fully saturated rings. The average Bonchev–Trinajstić information content (AvgIpc) is 2.39. The number of halogens is 2. The average molecular weight is 189 g/mol. The van der Waals surface area contributed by atoms with Crippen LogP contribution in [-0.2, 0) is 0 Å². The molecule has 0 aliphatic heterocycles. The van der Waals surface area contributed by atoms with E-state index in [1.807, 2.05) is 0 Å². The van der Waals surface area contributed by atoms with E-state index in [2.05, 4.69) is 12.2 Å². The second kappa shape index (κ2) is 3.19. The Morgan fingerprint density at radius 1 is 1.23 bits per heavy atom. The Morgan fingerprint density at radius 3 is 2.38 bits per heavy atom. The normalized spacial score (nSPS) is 43.2. The zero-order valence-electron chi connectivity index (χ0n) is 8.02. The molecule has 0 amide bonds. The Bertz CT molecular complexity index is 193. The van der Waals surface area contributed by atoms with Gasteiger partial charge >= 0.3 is 0 Å². The number of hydrogen-bond donors (Lipinski definition) is 1. The van der Waals surface area contributed by atoms with Crippen LogP contribution in [0.1, 0.15) is 39.0 Å². The maximum Gasteiger partial charge on any atom is 0.249 e. The topological polar surface area (TPSA) is 12.0 Å². The fraction of sp³-hybridized carbons (Fsp3) is 1.00. The lowest BCUT2D eigenvalue weighted by Gasteiger charge is -2.36. The summed E-state index contributed by atoms with van der Waals surface area (Å²) in [6.45, 7) is 2.19. The second-order valence-corrected chi connectivity index (χ2v) is 4.62. The molecule has 0 heterocycles. The first kappa shape index (κ1) is 9.38. The predicted octanol–water partition coefficient (Wildman–Crippen LogP) is 2.56. The van der Waals surface area contributed by atoms with Gasteiger partial charge in [-0.1, -0.05) is 6.92 Å². The van der Waals surface area contributed by atoms with E-state index >= 15 is 0 Å². The standard InChI is InChI=1S/C10H17F2N/c1-7-2-3-9(7)13-8-4-5-10(11,12)6-8/h7-9,13H,2-6H2,1H3. The van der Waals surface area contributed by atoms with Gasteiger partial charge in [0.25, 0.3) is 0 Å². The van der Waals surface area contributed by atoms with Gasteiger partial charge in [-0.3, -0.25) is 0 Å². The maximum atomic E-state index is 12.8. The monoisotopic (exact) mass is 189 g/mol. The van der Waals surface area contributed by atoms with Crippen molar-refractivity contribution in [2.24, 2.45) is 5.92 Å². The van der Waals surface area contributed by atoms with Crippen molar-refractivity contribution in [3.8, 4) is 0 Å². The summed E-state index contributed by atoms with van der Waals surface area (Å²) in [6, 6.07) is 0.585. The first-order valence-corrected chi connectivity index (χ1v) is 5.21. The van der Waals surface area contributed by atoms with Gasteiger partial charge in [0.15, 0.2) is 0 Å². The van der Waals surface area contributed by atoms with E-state index < -0.39 is 5.92 Å². The fourth-order valence-electron chi connectivity index (χ4n) is 2.31. The van der Waals surface area contributed by atoms with Crippen molar-refractivity contribution in [1.29, 1.82) is 0 Å². The highest BCUT2D eigenvalue weighted by Crippen LogP contribution is 2.36. The predicted molar refractivity (Wildman–Crippen MR) is 47.9 cm³/mol. The molecule has 2 aliphatic carbocycles. The third-order valence-electron chi connectivity index (χ3n) is 3.47. The lowest BCUT2D eigenvalue weighted by molar-refractivity contribution is 0.00575. The van der Waals surface area contributed by atoms with Gasteiger partial charge in [0.1, 0.15) is 0 Å². The molecule has 0 aromatic carbocycles. The molecule has 0 bridgehead atoms. The Balaban J connectivity index is 1.77. The molecule has 2 rings (SSSR count). The first-order chi connectivity index (χ1) is 6.07. The smallest absolute Gasteiger partial charge is 0.249 e. The summed E-state index contributed by atoms with van der Waals surface area (Å²) in [6.07, 6.45) is 3.20. The van der Waals surface area contributed by atoms with Crippen LogP contribution in [0, 0.1) is 5.92 Å². The highest BCUT2D eigenvalue weighted by molar-refractivity contribution is 4.92. The van der Waals surface area contributed by atoms with Crippen molar-refractivity contribution >= 4 is 0 Å². The molecule has 3 unspecified atom stereocenters. The third kappa shape index (κ3) is 2.01. The molecule has 13 heavy (non-hydrogen) atoms. The van der Waals surface area contributed by atoms with Crippen LogP contribution in [0.25, 0.3) is 0 Å². The maximum absolute atomic E-state index is 12.8. The number of hydrogen-bond acceptors (Lipinski definition) is 1. The largest absolute Gasteiger partial charge is 0.311 e. The summed E-state index contributed by atoms with van der Waals surface area (Å²) in [5.41, 5.74) is 0. The van der Waals surface area contributed by atoms with Crippen LogP contribution in [-0.4, -0.2) is 18.0 Å². The summed E-state index contributed by atoms with van der Waals surface area (Å²) in [5.74, 6) is -1.71. The third-order valence-corrected chi connectivity index (χ3v) is 3.47. The molecule has 0 saturated heterocycles. The lowest BCUT2D eigenvalue weighted by Crippen LogP contribution is -2.47. The summed E-state index contributed by atoms with van der Waals surface area (Å²) < 4.78 is 25.6. The van der Waals surface area contributed by atoms with Crippen LogP contribution >= 0.6 is 0 Å². The van der Waals surface area contributed by atoms with Crippen molar-refractivity contribution in [3.05, 3.63) is 0 Å². The van der Waals surface area contributed by atoms with Gasteiger partial charge in [-0.15, -0.1) is 0 Å². The van der Waals surface area contributed by atoms with Crippen LogP contribution in [0.15, 0.2) is 0 Å². The van der Waals surface area contributed by atoms with Crippen LogP contribution < -0.4 is 5.32 Å². The molecule has 76 valence electrons. The van der Waals surface area contributed by atoms with E-state index in [1.54, 1.807) is 0 Å². The Morgan fingerprint density at radius 2 is 2.00 bits per heavy atom. The fourth-order valence-corrected chi connectivity index (χ4v) is 2.31. The number of nitrogens with one attached hydrogen (secondary N) is 1. The quantitative estimate of drug-likeness (QED) is 0.704. The zero-order chi connectivity index (χ0) is 9.47. The molecular weight excluding hydrogens is 172 g/mol. The van der Waals surface area contributed by atoms with E-state index in [9.17, 15) is 8.78 Å². The van der Waals surface area contributed by atoms with E-state index in [1.165, 1.54) is 12.8 Å². The molecular formula is C10H17F2N. The Labute approximate surface area is 77.9 Å². The number of rotatable bonds is 2. The summed E-state index contributed by atoms with van der Waals surface area (Å²) in [5, 5.41) is 3.34. The minimum Gasteiger partial charge on any atom is -0.311 e. The van der Waals surface area contributed by atoms with Gasteiger partial charge in [0.2, 0.25) is 5.92 Å². The molecule has 0 radical (unpaired) electrons. The van der Waals surface area contributed by atoms with E-state index in [0.717, 1.165) is 0 Å². The van der Waals surface area contributed by atoms with Gasteiger partial charge in [-0.05, 0) is 25.2 Å². The Hall–Kier alpha value is -0.180. The van der Waals surface area contributed by atoms with Crippen LogP contribution in [0.4, 0.5) is 8.78 Å². The molecule has 0 aromatic heterocycles. The lowest BCUT2D eigenvalue weighted by atomic mass is 9.80. The number of alkyl halides is 2. The first-order valence-electron chi connectivity index (χ1n) is 5.21. The Kier molecular flexibility index (Phi) is 2.30. The van der Waals surface area contributed by atoms with Gasteiger partial charge in [-0.2, -0.15) is 0 Å². The van der Waals surface area contributed by atoms with Crippen LogP contribution in [0.2, 0.25) is 0 Å².